The van der Waals surface area contributed by atoms with Crippen molar-refractivity contribution in [3.63, 3.8) is 0 Å². The Labute approximate surface area is 109 Å². The monoisotopic (exact) mass is 278 g/mol. The predicted octanol–water partition coefficient (Wildman–Crippen LogP) is 1.69. The van der Waals surface area contributed by atoms with Gasteiger partial charge in [0, 0.05) is 0 Å². The summed E-state index contributed by atoms with van der Waals surface area (Å²) in [4.78, 5) is 0.269. The van der Waals surface area contributed by atoms with Gasteiger partial charge in [-0.15, -0.1) is 0 Å². The summed E-state index contributed by atoms with van der Waals surface area (Å²) in [6, 6.07) is 0. The number of hydrogen-bond donors (Lipinski definition) is 2. The summed E-state index contributed by atoms with van der Waals surface area (Å²) >= 11 is 5.07. The summed E-state index contributed by atoms with van der Waals surface area (Å²) in [5, 5.41) is 0. The lowest BCUT2D eigenvalue weighted by atomic mass is 9.82. The van der Waals surface area contributed by atoms with Crippen LogP contribution in [-0.2, 0) is 10.0 Å². The van der Waals surface area contributed by atoms with Crippen molar-refractivity contribution < 1.29 is 8.42 Å². The Bertz CT molecular complexity index is 390. The molecule has 6 heteroatoms. The molecule has 0 saturated heterocycles. The SMILES string of the molecule is CC(C)(C)S(=O)(=O)NC1(C(N)=S)CCCCC1. The lowest BCUT2D eigenvalue weighted by Gasteiger charge is -2.38. The quantitative estimate of drug-likeness (QED) is 0.771. The van der Waals surface area contributed by atoms with Crippen molar-refractivity contribution in [3.05, 3.63) is 0 Å². The number of rotatable bonds is 3. The second kappa shape index (κ2) is 4.82. The minimum absolute atomic E-state index is 0.269. The van der Waals surface area contributed by atoms with Gasteiger partial charge in [0.25, 0.3) is 0 Å². The molecule has 1 aliphatic carbocycles. The third-order valence-electron chi connectivity index (χ3n) is 3.31. The van der Waals surface area contributed by atoms with Crippen molar-refractivity contribution in [2.24, 2.45) is 5.73 Å². The van der Waals surface area contributed by atoms with E-state index >= 15 is 0 Å². The van der Waals surface area contributed by atoms with Gasteiger partial charge in [0.2, 0.25) is 10.0 Å². The molecule has 0 aromatic heterocycles. The lowest BCUT2D eigenvalue weighted by Crippen LogP contribution is -2.60. The molecular weight excluding hydrogens is 256 g/mol. The summed E-state index contributed by atoms with van der Waals surface area (Å²) < 4.78 is 26.3. The standard InChI is InChI=1S/C11H22N2O2S2/c1-10(2,3)17(14,15)13-11(9(12)16)7-5-4-6-8-11/h13H,4-8H2,1-3H3,(H2,12,16). The minimum atomic E-state index is -3.42. The Kier molecular flexibility index (Phi) is 4.21. The zero-order valence-electron chi connectivity index (χ0n) is 10.7. The fraction of sp³-hybridized carbons (Fsp3) is 0.909. The van der Waals surface area contributed by atoms with E-state index in [4.69, 9.17) is 18.0 Å². The van der Waals surface area contributed by atoms with Crippen LogP contribution in [0.3, 0.4) is 0 Å². The molecular formula is C11H22N2O2S2. The van der Waals surface area contributed by atoms with Gasteiger partial charge in [-0.2, -0.15) is 0 Å². The Hall–Kier alpha value is -0.200. The molecule has 0 aliphatic heterocycles. The molecule has 1 saturated carbocycles. The number of thiocarbonyl (C=S) groups is 1. The molecule has 17 heavy (non-hydrogen) atoms. The van der Waals surface area contributed by atoms with Crippen LogP contribution in [0.25, 0.3) is 0 Å². The van der Waals surface area contributed by atoms with Gasteiger partial charge in [-0.3, -0.25) is 0 Å². The fourth-order valence-corrected chi connectivity index (χ4v) is 3.42. The zero-order valence-corrected chi connectivity index (χ0v) is 12.4. The zero-order chi connectivity index (χ0) is 13.3. The molecule has 0 amide bonds. The summed E-state index contributed by atoms with van der Waals surface area (Å²) in [7, 11) is -3.42. The number of nitrogens with one attached hydrogen (secondary N) is 1. The van der Waals surface area contributed by atoms with E-state index in [1.54, 1.807) is 20.8 Å². The van der Waals surface area contributed by atoms with Crippen LogP contribution in [0, 0.1) is 0 Å². The Morgan fingerprint density at radius 2 is 1.71 bits per heavy atom. The Morgan fingerprint density at radius 1 is 1.24 bits per heavy atom. The highest BCUT2D eigenvalue weighted by Crippen LogP contribution is 2.31. The average molecular weight is 278 g/mol. The van der Waals surface area contributed by atoms with Crippen molar-refractivity contribution >= 4 is 27.2 Å². The van der Waals surface area contributed by atoms with Gasteiger partial charge < -0.3 is 5.73 Å². The molecule has 0 spiro atoms. The molecule has 0 heterocycles. The molecule has 4 nitrogen and oxygen atoms in total. The molecule has 0 radical (unpaired) electrons. The van der Waals surface area contributed by atoms with E-state index in [0.29, 0.717) is 12.8 Å². The smallest absolute Gasteiger partial charge is 0.217 e. The van der Waals surface area contributed by atoms with Gasteiger partial charge in [-0.25, -0.2) is 13.1 Å². The van der Waals surface area contributed by atoms with Gasteiger partial charge in [0.1, 0.15) is 0 Å². The van der Waals surface area contributed by atoms with E-state index in [1.807, 2.05) is 0 Å². The molecule has 0 unspecified atom stereocenters. The molecule has 1 fully saturated rings. The maximum absolute atomic E-state index is 12.2. The van der Waals surface area contributed by atoms with Crippen molar-refractivity contribution in [1.29, 1.82) is 0 Å². The molecule has 100 valence electrons. The van der Waals surface area contributed by atoms with Gasteiger partial charge in [-0.05, 0) is 33.6 Å². The van der Waals surface area contributed by atoms with Crippen molar-refractivity contribution in [1.82, 2.24) is 4.72 Å². The van der Waals surface area contributed by atoms with E-state index in [0.717, 1.165) is 19.3 Å². The molecule has 3 N–H and O–H groups in total. The van der Waals surface area contributed by atoms with Gasteiger partial charge in [0.05, 0.1) is 15.3 Å². The van der Waals surface area contributed by atoms with Gasteiger partial charge in [-0.1, -0.05) is 31.5 Å². The highest BCUT2D eigenvalue weighted by molar-refractivity contribution is 7.91. The first-order chi connectivity index (χ1) is 7.61. The third-order valence-corrected chi connectivity index (χ3v) is 5.98. The maximum atomic E-state index is 12.2. The van der Waals surface area contributed by atoms with Crippen molar-refractivity contribution in [2.45, 2.75) is 63.2 Å². The Balaban J connectivity index is 3.00. The first-order valence-corrected chi connectivity index (χ1v) is 7.83. The topological polar surface area (TPSA) is 72.2 Å². The number of hydrogen-bond acceptors (Lipinski definition) is 3. The van der Waals surface area contributed by atoms with Crippen LogP contribution < -0.4 is 10.5 Å². The molecule has 1 rings (SSSR count). The Morgan fingerprint density at radius 3 is 2.06 bits per heavy atom. The van der Waals surface area contributed by atoms with E-state index in [2.05, 4.69) is 4.72 Å². The highest BCUT2D eigenvalue weighted by atomic mass is 32.2. The second-order valence-electron chi connectivity index (χ2n) is 5.72. The molecule has 0 aromatic rings. The largest absolute Gasteiger partial charge is 0.392 e. The van der Waals surface area contributed by atoms with Gasteiger partial charge >= 0.3 is 0 Å². The average Bonchev–Trinajstić information content (AvgIpc) is 2.16. The first-order valence-electron chi connectivity index (χ1n) is 5.94. The number of sulfonamides is 1. The van der Waals surface area contributed by atoms with Crippen LogP contribution >= 0.6 is 12.2 Å². The van der Waals surface area contributed by atoms with Crippen molar-refractivity contribution in [2.75, 3.05) is 0 Å². The van der Waals surface area contributed by atoms with E-state index in [9.17, 15) is 8.42 Å². The van der Waals surface area contributed by atoms with Crippen LogP contribution in [0.1, 0.15) is 52.9 Å². The fourth-order valence-electron chi connectivity index (χ4n) is 1.96. The number of nitrogens with two attached hydrogens (primary N) is 1. The first kappa shape index (κ1) is 14.9. The maximum Gasteiger partial charge on any atom is 0.217 e. The van der Waals surface area contributed by atoms with Gasteiger partial charge in [0.15, 0.2) is 0 Å². The minimum Gasteiger partial charge on any atom is -0.392 e. The molecule has 0 aromatic carbocycles. The second-order valence-corrected chi connectivity index (χ2v) is 8.60. The van der Waals surface area contributed by atoms with E-state index < -0.39 is 20.3 Å². The predicted molar refractivity (Wildman–Crippen MR) is 74.4 cm³/mol. The van der Waals surface area contributed by atoms with E-state index in [1.165, 1.54) is 0 Å². The van der Waals surface area contributed by atoms with Crippen LogP contribution in [-0.4, -0.2) is 23.7 Å². The molecule has 0 bridgehead atoms. The molecule has 1 aliphatic rings. The van der Waals surface area contributed by atoms with Crippen LogP contribution in [0.15, 0.2) is 0 Å². The van der Waals surface area contributed by atoms with Crippen molar-refractivity contribution in [3.8, 4) is 0 Å². The van der Waals surface area contributed by atoms with Crippen LogP contribution in [0.2, 0.25) is 0 Å². The highest BCUT2D eigenvalue weighted by Gasteiger charge is 2.42. The molecule has 0 atom stereocenters. The van der Waals surface area contributed by atoms with Crippen LogP contribution in [0.5, 0.6) is 0 Å². The van der Waals surface area contributed by atoms with Crippen LogP contribution in [0.4, 0.5) is 0 Å². The van der Waals surface area contributed by atoms with E-state index in [-0.39, 0.29) is 4.99 Å². The summed E-state index contributed by atoms with van der Waals surface area (Å²) in [5.74, 6) is 0. The normalized spacial score (nSPS) is 21.1. The summed E-state index contributed by atoms with van der Waals surface area (Å²) in [5.41, 5.74) is 5.05. The summed E-state index contributed by atoms with van der Waals surface area (Å²) in [6.45, 7) is 5.02. The lowest BCUT2D eigenvalue weighted by molar-refractivity contribution is 0.350. The summed E-state index contributed by atoms with van der Waals surface area (Å²) in [6.07, 6.45) is 4.45. The third kappa shape index (κ3) is 3.17.